The smallest absolute Gasteiger partial charge is 0.331 e. The second kappa shape index (κ2) is 6.54. The predicted octanol–water partition coefficient (Wildman–Crippen LogP) is -1.63. The average Bonchev–Trinajstić information content (AvgIpc) is 2.93. The van der Waals surface area contributed by atoms with Crippen molar-refractivity contribution in [3.8, 4) is 0 Å². The Morgan fingerprint density at radius 2 is 1.56 bits per heavy atom. The number of likely N-dealkylation sites (N-methyl/N-ethyl adjacent to an activating group) is 1. The first-order valence-corrected chi connectivity index (χ1v) is 7.41. The third-order valence-corrected chi connectivity index (χ3v) is 4.39. The van der Waals surface area contributed by atoms with Crippen molar-refractivity contribution in [1.82, 2.24) is 14.1 Å². The Kier molecular flexibility index (Phi) is 4.82. The molecular formula is C15H20N4O6. The molecule has 0 fully saturated rings. The summed E-state index contributed by atoms with van der Waals surface area (Å²) >= 11 is 0. The standard InChI is InChI=1S/C15H20N4O6/c1-7-8(12(20)18(3)15(23)17(7)2)10-9(13(21)24-5)11(14(22)25-6)19(4)16-10/h9,11H,1-6H3/t9-,11+/m0/s1. The van der Waals surface area contributed by atoms with E-state index >= 15 is 0 Å². The normalized spacial score (nSPS) is 19.6. The van der Waals surface area contributed by atoms with Crippen molar-refractivity contribution in [2.45, 2.75) is 13.0 Å². The van der Waals surface area contributed by atoms with Crippen molar-refractivity contribution < 1.29 is 19.1 Å². The van der Waals surface area contributed by atoms with Gasteiger partial charge in [0, 0.05) is 26.8 Å². The number of methoxy groups -OCH3 is 2. The SMILES string of the molecule is COC(=O)[C@H]1C(c2c(C)n(C)c(=O)n(C)c2=O)=NN(C)[C@H]1C(=O)OC. The van der Waals surface area contributed by atoms with Crippen LogP contribution < -0.4 is 11.2 Å². The monoisotopic (exact) mass is 352 g/mol. The molecule has 0 aromatic carbocycles. The molecule has 136 valence electrons. The van der Waals surface area contributed by atoms with E-state index in [2.05, 4.69) is 5.10 Å². The summed E-state index contributed by atoms with van der Waals surface area (Å²) < 4.78 is 11.7. The van der Waals surface area contributed by atoms with Crippen molar-refractivity contribution in [2.24, 2.45) is 25.1 Å². The maximum absolute atomic E-state index is 12.6. The lowest BCUT2D eigenvalue weighted by atomic mass is 9.91. The first kappa shape index (κ1) is 18.4. The van der Waals surface area contributed by atoms with Crippen LogP contribution in [0.4, 0.5) is 0 Å². The van der Waals surface area contributed by atoms with Gasteiger partial charge in [0.2, 0.25) is 0 Å². The zero-order valence-corrected chi connectivity index (χ0v) is 14.9. The molecule has 0 bridgehead atoms. The van der Waals surface area contributed by atoms with Crippen molar-refractivity contribution >= 4 is 17.7 Å². The van der Waals surface area contributed by atoms with Gasteiger partial charge in [0.05, 0.1) is 25.5 Å². The summed E-state index contributed by atoms with van der Waals surface area (Å²) in [6.45, 7) is 1.57. The Bertz CT molecular complexity index is 881. The number of ether oxygens (including phenoxy) is 2. The van der Waals surface area contributed by atoms with Crippen molar-refractivity contribution in [3.63, 3.8) is 0 Å². The summed E-state index contributed by atoms with van der Waals surface area (Å²) in [6, 6.07) is -1.06. The summed E-state index contributed by atoms with van der Waals surface area (Å²) in [5, 5.41) is 5.47. The molecule has 10 heteroatoms. The molecular weight excluding hydrogens is 332 g/mol. The lowest BCUT2D eigenvalue weighted by molar-refractivity contribution is -0.154. The van der Waals surface area contributed by atoms with Gasteiger partial charge < -0.3 is 14.0 Å². The van der Waals surface area contributed by atoms with Gasteiger partial charge >= 0.3 is 17.6 Å². The highest BCUT2D eigenvalue weighted by atomic mass is 16.5. The molecule has 0 radical (unpaired) electrons. The Morgan fingerprint density at radius 3 is 2.08 bits per heavy atom. The molecule has 1 aromatic heterocycles. The van der Waals surface area contributed by atoms with Gasteiger partial charge in [-0.1, -0.05) is 0 Å². The maximum Gasteiger partial charge on any atom is 0.331 e. The molecule has 0 spiro atoms. The number of carbonyl (C=O) groups is 2. The highest BCUT2D eigenvalue weighted by molar-refractivity contribution is 6.16. The Balaban J connectivity index is 2.76. The Morgan fingerprint density at radius 1 is 1.00 bits per heavy atom. The number of carbonyl (C=O) groups excluding carboxylic acids is 2. The van der Waals surface area contributed by atoms with Gasteiger partial charge in [-0.05, 0) is 6.92 Å². The molecule has 1 aliphatic heterocycles. The van der Waals surface area contributed by atoms with Crippen molar-refractivity contribution in [3.05, 3.63) is 32.1 Å². The number of hydrazone groups is 1. The van der Waals surface area contributed by atoms with Gasteiger partial charge in [-0.25, -0.2) is 9.59 Å². The van der Waals surface area contributed by atoms with E-state index in [1.165, 1.54) is 44.9 Å². The molecule has 0 N–H and O–H groups in total. The minimum Gasteiger partial charge on any atom is -0.468 e. The van der Waals surface area contributed by atoms with E-state index in [1.807, 2.05) is 0 Å². The molecule has 1 aromatic rings. The Labute approximate surface area is 143 Å². The van der Waals surface area contributed by atoms with Crippen LogP contribution in [-0.4, -0.2) is 59.1 Å². The number of rotatable bonds is 3. The Hall–Kier alpha value is -2.91. The van der Waals surface area contributed by atoms with Gasteiger partial charge in [0.1, 0.15) is 5.92 Å². The van der Waals surface area contributed by atoms with Crippen LogP contribution in [0.15, 0.2) is 14.7 Å². The second-order valence-corrected chi connectivity index (χ2v) is 5.69. The number of hydrogen-bond donors (Lipinski definition) is 0. The minimum absolute atomic E-state index is 0.0680. The van der Waals surface area contributed by atoms with Crippen LogP contribution in [0, 0.1) is 12.8 Å². The number of esters is 2. The molecule has 10 nitrogen and oxygen atoms in total. The zero-order chi connectivity index (χ0) is 19.0. The van der Waals surface area contributed by atoms with E-state index in [-0.39, 0.29) is 11.3 Å². The predicted molar refractivity (Wildman–Crippen MR) is 87.3 cm³/mol. The summed E-state index contributed by atoms with van der Waals surface area (Å²) in [7, 11) is 6.70. The van der Waals surface area contributed by atoms with Gasteiger partial charge in [0.25, 0.3) is 5.56 Å². The van der Waals surface area contributed by atoms with E-state index in [0.29, 0.717) is 5.69 Å². The van der Waals surface area contributed by atoms with Crippen LogP contribution in [0.2, 0.25) is 0 Å². The topological polar surface area (TPSA) is 112 Å². The lowest BCUT2D eigenvalue weighted by Gasteiger charge is -2.21. The van der Waals surface area contributed by atoms with Crippen LogP contribution in [0.25, 0.3) is 0 Å². The molecule has 0 saturated heterocycles. The van der Waals surface area contributed by atoms with Gasteiger partial charge in [0.15, 0.2) is 6.04 Å². The molecule has 1 aliphatic rings. The highest BCUT2D eigenvalue weighted by Crippen LogP contribution is 2.26. The summed E-state index contributed by atoms with van der Waals surface area (Å²) in [6.07, 6.45) is 0. The van der Waals surface area contributed by atoms with E-state index in [1.54, 1.807) is 6.92 Å². The van der Waals surface area contributed by atoms with E-state index in [9.17, 15) is 19.2 Å². The first-order valence-electron chi connectivity index (χ1n) is 7.41. The first-order chi connectivity index (χ1) is 11.7. The molecule has 2 atom stereocenters. The summed E-state index contributed by atoms with van der Waals surface area (Å²) in [5.41, 5.74) is -0.624. The summed E-state index contributed by atoms with van der Waals surface area (Å²) in [5.74, 6) is -2.56. The number of nitrogens with zero attached hydrogens (tertiary/aromatic N) is 4. The van der Waals surface area contributed by atoms with Crippen LogP contribution in [0.3, 0.4) is 0 Å². The quantitative estimate of drug-likeness (QED) is 0.601. The lowest BCUT2D eigenvalue weighted by Crippen LogP contribution is -2.47. The van der Waals surface area contributed by atoms with E-state index in [0.717, 1.165) is 4.57 Å². The molecule has 0 amide bonds. The molecule has 2 heterocycles. The largest absolute Gasteiger partial charge is 0.468 e. The summed E-state index contributed by atoms with van der Waals surface area (Å²) in [4.78, 5) is 49.1. The van der Waals surface area contributed by atoms with E-state index < -0.39 is 35.1 Å². The fraction of sp³-hybridized carbons (Fsp3) is 0.533. The number of aromatic nitrogens is 2. The minimum atomic E-state index is -1.15. The van der Waals surface area contributed by atoms with Crippen molar-refractivity contribution in [1.29, 1.82) is 0 Å². The third kappa shape index (κ3) is 2.73. The molecule has 0 unspecified atom stereocenters. The second-order valence-electron chi connectivity index (χ2n) is 5.69. The molecule has 0 aliphatic carbocycles. The average molecular weight is 352 g/mol. The van der Waals surface area contributed by atoms with Gasteiger partial charge in [-0.2, -0.15) is 5.10 Å². The third-order valence-electron chi connectivity index (χ3n) is 4.39. The van der Waals surface area contributed by atoms with E-state index in [4.69, 9.17) is 9.47 Å². The number of hydrogen-bond acceptors (Lipinski definition) is 8. The molecule has 25 heavy (non-hydrogen) atoms. The zero-order valence-electron chi connectivity index (χ0n) is 14.9. The molecule has 2 rings (SSSR count). The van der Waals surface area contributed by atoms with Crippen LogP contribution in [0.5, 0.6) is 0 Å². The highest BCUT2D eigenvalue weighted by Gasteiger charge is 2.48. The maximum atomic E-state index is 12.6. The molecule has 0 saturated carbocycles. The van der Waals surface area contributed by atoms with Crippen LogP contribution in [-0.2, 0) is 33.2 Å². The van der Waals surface area contributed by atoms with Crippen LogP contribution >= 0.6 is 0 Å². The van der Waals surface area contributed by atoms with Crippen molar-refractivity contribution in [2.75, 3.05) is 21.3 Å². The van der Waals surface area contributed by atoms with Gasteiger partial charge in [-0.3, -0.25) is 19.2 Å². The fourth-order valence-corrected chi connectivity index (χ4v) is 2.88. The van der Waals surface area contributed by atoms with Gasteiger partial charge in [-0.15, -0.1) is 0 Å². The fourth-order valence-electron chi connectivity index (χ4n) is 2.88. The van der Waals surface area contributed by atoms with Crippen LogP contribution in [0.1, 0.15) is 11.3 Å².